The third kappa shape index (κ3) is 2.81. The van der Waals surface area contributed by atoms with Gasteiger partial charge in [0.1, 0.15) is 30.0 Å². The second kappa shape index (κ2) is 5.93. The first-order valence-electron chi connectivity index (χ1n) is 5.89. The smallest absolute Gasteiger partial charge is 0.147 e. The van der Waals surface area contributed by atoms with Crippen LogP contribution in [0.5, 0.6) is 11.5 Å². The Kier molecular flexibility index (Phi) is 4.06. The van der Waals surface area contributed by atoms with Crippen molar-refractivity contribution < 1.29 is 13.9 Å². The fourth-order valence-electron chi connectivity index (χ4n) is 1.74. The van der Waals surface area contributed by atoms with E-state index in [-0.39, 0.29) is 12.2 Å². The van der Waals surface area contributed by atoms with Crippen LogP contribution >= 0.6 is 0 Å². The molecule has 0 aliphatic rings. The highest BCUT2D eigenvalue weighted by Gasteiger charge is 2.08. The molecule has 0 fully saturated rings. The van der Waals surface area contributed by atoms with E-state index in [1.54, 1.807) is 36.4 Å². The Balaban J connectivity index is 2.13. The van der Waals surface area contributed by atoms with E-state index in [0.29, 0.717) is 22.7 Å². The molecule has 2 rings (SSSR count). The summed E-state index contributed by atoms with van der Waals surface area (Å²) in [5, 5.41) is 8.76. The van der Waals surface area contributed by atoms with Gasteiger partial charge in [0.15, 0.2) is 0 Å². The monoisotopic (exact) mass is 272 g/mol. The van der Waals surface area contributed by atoms with Gasteiger partial charge in [0, 0.05) is 11.6 Å². The minimum absolute atomic E-state index is 0.000319. The molecule has 2 aromatic rings. The van der Waals surface area contributed by atoms with Gasteiger partial charge in [-0.25, -0.2) is 4.39 Å². The number of benzene rings is 2. The third-order valence-electron chi connectivity index (χ3n) is 2.79. The number of halogens is 1. The molecule has 0 saturated carbocycles. The molecule has 0 heterocycles. The minimum Gasteiger partial charge on any atom is -0.495 e. The molecule has 0 bridgehead atoms. The van der Waals surface area contributed by atoms with Gasteiger partial charge in [-0.15, -0.1) is 0 Å². The van der Waals surface area contributed by atoms with Gasteiger partial charge in [0.2, 0.25) is 0 Å². The molecule has 102 valence electrons. The SMILES string of the molecule is COc1ccc(OCc2cccc(C#N)c2F)cc1N. The summed E-state index contributed by atoms with van der Waals surface area (Å²) in [6.45, 7) is 0.0210. The predicted octanol–water partition coefficient (Wildman–Crippen LogP) is 2.87. The van der Waals surface area contributed by atoms with Gasteiger partial charge in [0.05, 0.1) is 18.4 Å². The normalized spacial score (nSPS) is 9.85. The zero-order valence-electron chi connectivity index (χ0n) is 10.9. The fraction of sp³-hybridized carbons (Fsp3) is 0.133. The van der Waals surface area contributed by atoms with Gasteiger partial charge in [-0.1, -0.05) is 12.1 Å². The topological polar surface area (TPSA) is 68.3 Å². The average molecular weight is 272 g/mol. The second-order valence-corrected chi connectivity index (χ2v) is 4.08. The van der Waals surface area contributed by atoms with Crippen LogP contribution in [-0.4, -0.2) is 7.11 Å². The zero-order chi connectivity index (χ0) is 14.5. The highest BCUT2D eigenvalue weighted by Crippen LogP contribution is 2.26. The number of hydrogen-bond donors (Lipinski definition) is 1. The van der Waals surface area contributed by atoms with Gasteiger partial charge in [0.25, 0.3) is 0 Å². The largest absolute Gasteiger partial charge is 0.495 e. The zero-order valence-corrected chi connectivity index (χ0v) is 10.9. The Morgan fingerprint density at radius 3 is 2.75 bits per heavy atom. The van der Waals surface area contributed by atoms with Crippen molar-refractivity contribution in [3.63, 3.8) is 0 Å². The Labute approximate surface area is 116 Å². The van der Waals surface area contributed by atoms with E-state index in [0.717, 1.165) is 0 Å². The van der Waals surface area contributed by atoms with Gasteiger partial charge in [-0.2, -0.15) is 5.26 Å². The number of nitriles is 1. The maximum absolute atomic E-state index is 13.8. The molecule has 0 spiro atoms. The highest BCUT2D eigenvalue weighted by molar-refractivity contribution is 5.56. The van der Waals surface area contributed by atoms with Crippen molar-refractivity contribution in [1.82, 2.24) is 0 Å². The van der Waals surface area contributed by atoms with Gasteiger partial charge < -0.3 is 15.2 Å². The van der Waals surface area contributed by atoms with E-state index in [9.17, 15) is 4.39 Å². The summed E-state index contributed by atoms with van der Waals surface area (Å²) in [4.78, 5) is 0. The van der Waals surface area contributed by atoms with Crippen LogP contribution in [0.25, 0.3) is 0 Å². The molecule has 20 heavy (non-hydrogen) atoms. The lowest BCUT2D eigenvalue weighted by molar-refractivity contribution is 0.299. The molecule has 4 nitrogen and oxygen atoms in total. The van der Waals surface area contributed by atoms with Crippen molar-refractivity contribution in [1.29, 1.82) is 5.26 Å². The van der Waals surface area contributed by atoms with Crippen molar-refractivity contribution >= 4 is 5.69 Å². The minimum atomic E-state index is -0.559. The standard InChI is InChI=1S/C15H13FN2O2/c1-19-14-6-5-12(7-13(14)18)20-9-11-4-2-3-10(8-17)15(11)16/h2-7H,9,18H2,1H3. The molecule has 0 aromatic heterocycles. The van der Waals surface area contributed by atoms with Crippen molar-refractivity contribution in [3.05, 3.63) is 53.3 Å². The number of ether oxygens (including phenoxy) is 2. The van der Waals surface area contributed by atoms with E-state index < -0.39 is 5.82 Å². The van der Waals surface area contributed by atoms with E-state index in [1.807, 2.05) is 0 Å². The lowest BCUT2D eigenvalue weighted by Gasteiger charge is -2.10. The number of nitrogens with two attached hydrogens (primary N) is 1. The maximum atomic E-state index is 13.8. The van der Waals surface area contributed by atoms with Gasteiger partial charge in [-0.05, 0) is 18.2 Å². The number of methoxy groups -OCH3 is 1. The number of rotatable bonds is 4. The van der Waals surface area contributed by atoms with Crippen molar-refractivity contribution in [2.45, 2.75) is 6.61 Å². The Hall–Kier alpha value is -2.74. The highest BCUT2D eigenvalue weighted by atomic mass is 19.1. The molecule has 0 aliphatic heterocycles. The molecule has 0 amide bonds. The molecule has 0 unspecified atom stereocenters. The van der Waals surface area contributed by atoms with Crippen molar-refractivity contribution in [2.24, 2.45) is 0 Å². The molecule has 0 saturated heterocycles. The number of hydrogen-bond acceptors (Lipinski definition) is 4. The lowest BCUT2D eigenvalue weighted by Crippen LogP contribution is -2.01. The predicted molar refractivity (Wildman–Crippen MR) is 72.9 cm³/mol. The Morgan fingerprint density at radius 1 is 1.30 bits per heavy atom. The van der Waals surface area contributed by atoms with Crippen LogP contribution in [0.15, 0.2) is 36.4 Å². The second-order valence-electron chi connectivity index (χ2n) is 4.08. The Morgan fingerprint density at radius 2 is 2.10 bits per heavy atom. The summed E-state index contributed by atoms with van der Waals surface area (Å²) < 4.78 is 24.3. The van der Waals surface area contributed by atoms with E-state index >= 15 is 0 Å². The summed E-state index contributed by atoms with van der Waals surface area (Å²) in [6, 6.07) is 11.4. The number of nitrogen functional groups attached to an aromatic ring is 1. The van der Waals surface area contributed by atoms with E-state index in [1.165, 1.54) is 13.2 Å². The summed E-state index contributed by atoms with van der Waals surface area (Å²) in [6.07, 6.45) is 0. The number of anilines is 1. The van der Waals surface area contributed by atoms with Crippen LogP contribution in [0.2, 0.25) is 0 Å². The van der Waals surface area contributed by atoms with Crippen LogP contribution < -0.4 is 15.2 Å². The van der Waals surface area contributed by atoms with Crippen molar-refractivity contribution in [2.75, 3.05) is 12.8 Å². The molecule has 2 N–H and O–H groups in total. The summed E-state index contributed by atoms with van der Waals surface area (Å²) >= 11 is 0. The van der Waals surface area contributed by atoms with Crippen LogP contribution in [0.1, 0.15) is 11.1 Å². The molecule has 0 aliphatic carbocycles. The summed E-state index contributed by atoms with van der Waals surface area (Å²) in [7, 11) is 1.52. The van der Waals surface area contributed by atoms with Crippen LogP contribution in [-0.2, 0) is 6.61 Å². The fourth-order valence-corrected chi connectivity index (χ4v) is 1.74. The summed E-state index contributed by atoms with van der Waals surface area (Å²) in [5.41, 5.74) is 6.51. The maximum Gasteiger partial charge on any atom is 0.147 e. The van der Waals surface area contributed by atoms with E-state index in [2.05, 4.69) is 0 Å². The quantitative estimate of drug-likeness (QED) is 0.869. The third-order valence-corrected chi connectivity index (χ3v) is 2.79. The molecule has 5 heteroatoms. The molecule has 2 aromatic carbocycles. The first kappa shape index (κ1) is 13.7. The van der Waals surface area contributed by atoms with Gasteiger partial charge >= 0.3 is 0 Å². The lowest BCUT2D eigenvalue weighted by atomic mass is 10.1. The number of nitrogens with zero attached hydrogens (tertiary/aromatic N) is 1. The van der Waals surface area contributed by atoms with Crippen LogP contribution in [0, 0.1) is 17.1 Å². The van der Waals surface area contributed by atoms with Gasteiger partial charge in [-0.3, -0.25) is 0 Å². The van der Waals surface area contributed by atoms with Crippen LogP contribution in [0.3, 0.4) is 0 Å². The molecule has 0 atom stereocenters. The first-order valence-corrected chi connectivity index (χ1v) is 5.89. The van der Waals surface area contributed by atoms with Crippen molar-refractivity contribution in [3.8, 4) is 17.6 Å². The molecule has 0 radical (unpaired) electrons. The van der Waals surface area contributed by atoms with Crippen LogP contribution in [0.4, 0.5) is 10.1 Å². The molecular weight excluding hydrogens is 259 g/mol. The average Bonchev–Trinajstić information content (AvgIpc) is 2.46. The van der Waals surface area contributed by atoms with E-state index in [4.69, 9.17) is 20.5 Å². The Bertz CT molecular complexity index is 665. The first-order chi connectivity index (χ1) is 9.65. The molecular formula is C15H13FN2O2. The summed E-state index contributed by atoms with van der Waals surface area (Å²) in [5.74, 6) is 0.497.